The van der Waals surface area contributed by atoms with Crippen molar-refractivity contribution in [2.75, 3.05) is 13.2 Å². The number of nitrogens with one attached hydrogen (secondary N) is 2. The van der Waals surface area contributed by atoms with Crippen LogP contribution in [0.5, 0.6) is 0 Å². The van der Waals surface area contributed by atoms with Crippen LogP contribution in [-0.2, 0) is 25.5 Å². The van der Waals surface area contributed by atoms with Gasteiger partial charge in [0.15, 0.2) is 0 Å². The Balaban J connectivity index is 1.71. The van der Waals surface area contributed by atoms with Gasteiger partial charge < -0.3 is 20.5 Å². The summed E-state index contributed by atoms with van der Waals surface area (Å²) in [6.45, 7) is 3.58. The monoisotopic (exact) mass is 470 g/mol. The molecular weight excluding hydrogens is 432 g/mol. The lowest BCUT2D eigenvalue weighted by Gasteiger charge is -2.31. The third-order valence-electron chi connectivity index (χ3n) is 6.77. The fraction of sp³-hybridized carbons (Fsp3) is 0.593. The Kier molecular flexibility index (Phi) is 8.89. The molecule has 0 radical (unpaired) electrons. The molecule has 1 aliphatic heterocycles. The third-order valence-corrected chi connectivity index (χ3v) is 6.77. The maximum atomic E-state index is 13.0. The van der Waals surface area contributed by atoms with Gasteiger partial charge in [-0.2, -0.15) is 0 Å². The zero-order chi connectivity index (χ0) is 24.6. The first kappa shape index (κ1) is 25.9. The first-order chi connectivity index (χ1) is 16.2. The lowest BCUT2D eigenvalue weighted by atomic mass is 9.92. The summed E-state index contributed by atoms with van der Waals surface area (Å²) in [5.41, 5.74) is -0.261. The molecule has 3 rings (SSSR count). The van der Waals surface area contributed by atoms with Crippen LogP contribution in [0.3, 0.4) is 0 Å². The van der Waals surface area contributed by atoms with Crippen molar-refractivity contribution in [2.45, 2.75) is 76.3 Å². The van der Waals surface area contributed by atoms with Crippen LogP contribution in [0.25, 0.3) is 0 Å². The summed E-state index contributed by atoms with van der Waals surface area (Å²) in [5.74, 6) is -1.61. The number of aliphatic hydroxyl groups is 1. The first-order valence-corrected chi connectivity index (χ1v) is 12.3. The molecular formula is C27H38N2O5. The van der Waals surface area contributed by atoms with Gasteiger partial charge in [0.1, 0.15) is 6.61 Å². The molecule has 1 aliphatic carbocycles. The molecule has 2 amide bonds. The van der Waals surface area contributed by atoms with E-state index in [2.05, 4.69) is 10.6 Å². The average Bonchev–Trinajstić information content (AvgIpc) is 3.27. The van der Waals surface area contributed by atoms with Crippen molar-refractivity contribution in [2.24, 2.45) is 11.8 Å². The second-order valence-electron chi connectivity index (χ2n) is 10.4. The molecule has 0 aromatic heterocycles. The van der Waals surface area contributed by atoms with Gasteiger partial charge in [0.25, 0.3) is 0 Å². The van der Waals surface area contributed by atoms with Gasteiger partial charge in [-0.15, -0.1) is 0 Å². The molecule has 3 N–H and O–H groups in total. The van der Waals surface area contributed by atoms with E-state index >= 15 is 0 Å². The molecule has 1 saturated carbocycles. The zero-order valence-corrected chi connectivity index (χ0v) is 20.3. The van der Waals surface area contributed by atoms with Gasteiger partial charge >= 0.3 is 5.97 Å². The van der Waals surface area contributed by atoms with Gasteiger partial charge in [0.2, 0.25) is 11.8 Å². The molecule has 7 heteroatoms. The van der Waals surface area contributed by atoms with E-state index in [0.717, 1.165) is 31.2 Å². The Morgan fingerprint density at radius 2 is 1.74 bits per heavy atom. The number of carbonyl (C=O) groups excluding carboxylic acids is 3. The van der Waals surface area contributed by atoms with Crippen LogP contribution in [-0.4, -0.2) is 47.2 Å². The van der Waals surface area contributed by atoms with Crippen LogP contribution in [0.2, 0.25) is 0 Å². The van der Waals surface area contributed by atoms with Crippen molar-refractivity contribution in [3.05, 3.63) is 48.0 Å². The zero-order valence-electron chi connectivity index (χ0n) is 20.3. The van der Waals surface area contributed by atoms with Gasteiger partial charge in [-0.1, -0.05) is 55.3 Å². The van der Waals surface area contributed by atoms with E-state index in [1.165, 1.54) is 0 Å². The van der Waals surface area contributed by atoms with Crippen molar-refractivity contribution < 1.29 is 24.2 Å². The highest BCUT2D eigenvalue weighted by atomic mass is 16.5. The lowest BCUT2D eigenvalue weighted by Crippen LogP contribution is -2.52. The molecule has 7 nitrogen and oxygen atoms in total. The summed E-state index contributed by atoms with van der Waals surface area (Å²) in [6.07, 6.45) is 8.78. The average molecular weight is 471 g/mol. The second kappa shape index (κ2) is 11.6. The van der Waals surface area contributed by atoms with E-state index in [1.807, 2.05) is 56.3 Å². The molecule has 186 valence electrons. The fourth-order valence-corrected chi connectivity index (χ4v) is 4.75. The smallest absolute Gasteiger partial charge is 0.309 e. The van der Waals surface area contributed by atoms with Crippen molar-refractivity contribution in [1.29, 1.82) is 0 Å². The predicted octanol–water partition coefficient (Wildman–Crippen LogP) is 3.06. The lowest BCUT2D eigenvalue weighted by molar-refractivity contribution is -0.151. The summed E-state index contributed by atoms with van der Waals surface area (Å²) in [6, 6.07) is 9.84. The highest BCUT2D eigenvalue weighted by Gasteiger charge is 2.36. The van der Waals surface area contributed by atoms with Gasteiger partial charge in [-0.25, -0.2) is 0 Å². The van der Waals surface area contributed by atoms with Crippen molar-refractivity contribution >= 4 is 17.8 Å². The number of ether oxygens (including phenoxy) is 1. The molecule has 1 aromatic rings. The standard InChI is InChI=1S/C27H38N2O5/c1-26(2)19-34-25(33)22(16-20-10-4-3-5-11-20)13-7-6-12-21(24(32)29-26)17-23(31)28-27(18-30)14-8-9-15-27/h3-7,10-11,21-22,30H,8-9,12-19H2,1-2H3,(H,28,31)(H,29,32)/t21-,22-/m1/s1. The van der Waals surface area contributed by atoms with E-state index in [4.69, 9.17) is 4.74 Å². The van der Waals surface area contributed by atoms with Crippen LogP contribution >= 0.6 is 0 Å². The maximum absolute atomic E-state index is 13.0. The van der Waals surface area contributed by atoms with Crippen molar-refractivity contribution in [3.63, 3.8) is 0 Å². The van der Waals surface area contributed by atoms with Crippen LogP contribution in [0, 0.1) is 11.8 Å². The molecule has 0 bridgehead atoms. The van der Waals surface area contributed by atoms with E-state index in [1.54, 1.807) is 0 Å². The summed E-state index contributed by atoms with van der Waals surface area (Å²) in [5, 5.41) is 15.8. The van der Waals surface area contributed by atoms with Gasteiger partial charge in [-0.05, 0) is 51.5 Å². The fourth-order valence-electron chi connectivity index (χ4n) is 4.75. The number of aliphatic hydroxyl groups excluding tert-OH is 1. The number of hydrogen-bond donors (Lipinski definition) is 3. The number of hydrogen-bond acceptors (Lipinski definition) is 5. The van der Waals surface area contributed by atoms with E-state index < -0.39 is 17.0 Å². The van der Waals surface area contributed by atoms with Crippen LogP contribution in [0.4, 0.5) is 0 Å². The predicted molar refractivity (Wildman–Crippen MR) is 130 cm³/mol. The summed E-state index contributed by atoms with van der Waals surface area (Å²) < 4.78 is 5.60. The van der Waals surface area contributed by atoms with Crippen LogP contribution in [0.15, 0.2) is 42.5 Å². The minimum atomic E-state index is -0.764. The molecule has 2 aliphatic rings. The van der Waals surface area contributed by atoms with E-state index in [0.29, 0.717) is 19.3 Å². The Bertz CT molecular complexity index is 874. The number of rotatable bonds is 6. The molecule has 2 atom stereocenters. The molecule has 1 aromatic carbocycles. The number of amides is 2. The normalized spacial score (nSPS) is 24.9. The topological polar surface area (TPSA) is 105 Å². The highest BCUT2D eigenvalue weighted by Crippen LogP contribution is 2.29. The van der Waals surface area contributed by atoms with Gasteiger partial charge in [0.05, 0.1) is 29.5 Å². The largest absolute Gasteiger partial charge is 0.463 e. The molecule has 0 saturated heterocycles. The number of carbonyl (C=O) groups is 3. The number of cyclic esters (lactones) is 1. The number of allylic oxidation sites excluding steroid dienone is 2. The Labute approximate surface area is 202 Å². The summed E-state index contributed by atoms with van der Waals surface area (Å²) in [7, 11) is 0. The second-order valence-corrected chi connectivity index (χ2v) is 10.4. The summed E-state index contributed by atoms with van der Waals surface area (Å²) in [4.78, 5) is 38.7. The van der Waals surface area contributed by atoms with Crippen LogP contribution < -0.4 is 10.6 Å². The minimum Gasteiger partial charge on any atom is -0.463 e. The highest BCUT2D eigenvalue weighted by molar-refractivity contribution is 5.86. The molecule has 0 spiro atoms. The van der Waals surface area contributed by atoms with Crippen molar-refractivity contribution in [3.8, 4) is 0 Å². The van der Waals surface area contributed by atoms with Gasteiger partial charge in [-0.3, -0.25) is 14.4 Å². The minimum absolute atomic E-state index is 0.0429. The molecule has 1 heterocycles. The van der Waals surface area contributed by atoms with Gasteiger partial charge in [0, 0.05) is 6.42 Å². The molecule has 34 heavy (non-hydrogen) atoms. The number of esters is 1. The SMILES string of the molecule is CC1(C)COC(=O)[C@@H](Cc2ccccc2)CC=CC[C@H](CC(=O)NC2(CO)CCCC2)C(=O)N1. The Morgan fingerprint density at radius 1 is 1.09 bits per heavy atom. The van der Waals surface area contributed by atoms with Crippen LogP contribution in [0.1, 0.15) is 64.4 Å². The third kappa shape index (κ3) is 7.42. The summed E-state index contributed by atoms with van der Waals surface area (Å²) >= 11 is 0. The number of benzene rings is 1. The quantitative estimate of drug-likeness (QED) is 0.438. The Morgan fingerprint density at radius 3 is 2.38 bits per heavy atom. The molecule has 1 fully saturated rings. The first-order valence-electron chi connectivity index (χ1n) is 12.3. The van der Waals surface area contributed by atoms with Crippen molar-refractivity contribution in [1.82, 2.24) is 10.6 Å². The van der Waals surface area contributed by atoms with E-state index in [9.17, 15) is 19.5 Å². The van der Waals surface area contributed by atoms with E-state index in [-0.39, 0.29) is 43.3 Å². The Hall–Kier alpha value is -2.67. The molecule has 0 unspecified atom stereocenters. The maximum Gasteiger partial charge on any atom is 0.309 e.